The molecular weight excluding hydrogens is 354 g/mol. The van der Waals surface area contributed by atoms with Crippen LogP contribution in [0.15, 0.2) is 83.8 Å². The van der Waals surface area contributed by atoms with E-state index < -0.39 is 10.0 Å². The van der Waals surface area contributed by atoms with Gasteiger partial charge in [-0.3, -0.25) is 4.31 Å². The first-order valence-corrected chi connectivity index (χ1v) is 10.4. The normalized spacial score (nSPS) is 16.2. The zero-order valence-corrected chi connectivity index (χ0v) is 16.1. The number of sulfonamides is 1. The van der Waals surface area contributed by atoms with Crippen LogP contribution >= 0.6 is 0 Å². The fourth-order valence-corrected chi connectivity index (χ4v) is 4.99. The standard InChI is InChI=1S/C23H21NO2S/c1-17-7-11-20(12-8-17)23-16-13-19-5-3-4-6-22(19)24(23)27(25,26)21-14-9-18(2)10-15-21/h3-16,23H,1-2H3. The Labute approximate surface area is 160 Å². The molecule has 1 aliphatic rings. The Hall–Kier alpha value is -2.85. The second-order valence-electron chi connectivity index (χ2n) is 6.89. The number of rotatable bonds is 3. The van der Waals surface area contributed by atoms with Crippen molar-refractivity contribution >= 4 is 21.8 Å². The number of aryl methyl sites for hydroxylation is 2. The monoisotopic (exact) mass is 375 g/mol. The summed E-state index contributed by atoms with van der Waals surface area (Å²) in [6.07, 6.45) is 3.96. The molecule has 0 aromatic heterocycles. The molecule has 3 nitrogen and oxygen atoms in total. The molecule has 0 amide bonds. The lowest BCUT2D eigenvalue weighted by atomic mass is 9.99. The predicted molar refractivity (Wildman–Crippen MR) is 110 cm³/mol. The molecular formula is C23H21NO2S. The summed E-state index contributed by atoms with van der Waals surface area (Å²) in [4.78, 5) is 0.301. The minimum atomic E-state index is -3.72. The summed E-state index contributed by atoms with van der Waals surface area (Å²) in [5, 5.41) is 0. The van der Waals surface area contributed by atoms with E-state index in [1.807, 2.05) is 86.7 Å². The highest BCUT2D eigenvalue weighted by Gasteiger charge is 2.34. The topological polar surface area (TPSA) is 37.4 Å². The van der Waals surface area contributed by atoms with Crippen LogP contribution in [0.25, 0.3) is 6.08 Å². The van der Waals surface area contributed by atoms with E-state index in [0.29, 0.717) is 10.6 Å². The minimum absolute atomic E-state index is 0.301. The first kappa shape index (κ1) is 17.6. The van der Waals surface area contributed by atoms with Gasteiger partial charge < -0.3 is 0 Å². The molecule has 0 radical (unpaired) electrons. The van der Waals surface area contributed by atoms with Crippen molar-refractivity contribution in [3.05, 3.63) is 101 Å². The Morgan fingerprint density at radius 2 is 1.37 bits per heavy atom. The van der Waals surface area contributed by atoms with Gasteiger partial charge in [-0.15, -0.1) is 0 Å². The van der Waals surface area contributed by atoms with Gasteiger partial charge in [0.25, 0.3) is 10.0 Å². The zero-order valence-electron chi connectivity index (χ0n) is 15.3. The van der Waals surface area contributed by atoms with Gasteiger partial charge >= 0.3 is 0 Å². The molecule has 0 fully saturated rings. The van der Waals surface area contributed by atoms with Gasteiger partial charge in [0.2, 0.25) is 0 Å². The van der Waals surface area contributed by atoms with E-state index in [-0.39, 0.29) is 6.04 Å². The Kier molecular flexibility index (Phi) is 4.36. The predicted octanol–water partition coefficient (Wildman–Crippen LogP) is 5.27. The zero-order chi connectivity index (χ0) is 19.0. The molecule has 3 aromatic carbocycles. The van der Waals surface area contributed by atoms with Crippen molar-refractivity contribution in [1.82, 2.24) is 0 Å². The maximum atomic E-state index is 13.6. The average molecular weight is 375 g/mol. The van der Waals surface area contributed by atoms with Crippen LogP contribution < -0.4 is 4.31 Å². The molecule has 4 heteroatoms. The lowest BCUT2D eigenvalue weighted by molar-refractivity contribution is 0.586. The van der Waals surface area contributed by atoms with Gasteiger partial charge in [-0.1, -0.05) is 77.9 Å². The smallest absolute Gasteiger partial charge is 0.254 e. The largest absolute Gasteiger partial charge is 0.265 e. The van der Waals surface area contributed by atoms with E-state index in [0.717, 1.165) is 22.3 Å². The number of nitrogens with zero attached hydrogens (tertiary/aromatic N) is 1. The third-order valence-corrected chi connectivity index (χ3v) is 6.69. The summed E-state index contributed by atoms with van der Waals surface area (Å²) >= 11 is 0. The van der Waals surface area contributed by atoms with Crippen LogP contribution in [-0.2, 0) is 10.0 Å². The number of hydrogen-bond acceptors (Lipinski definition) is 2. The van der Waals surface area contributed by atoms with Crippen LogP contribution in [0.5, 0.6) is 0 Å². The van der Waals surface area contributed by atoms with E-state index in [1.54, 1.807) is 12.1 Å². The molecule has 0 bridgehead atoms. The SMILES string of the molecule is Cc1ccc(C2C=Cc3ccccc3N2S(=O)(=O)c2ccc(C)cc2)cc1. The van der Waals surface area contributed by atoms with Gasteiger partial charge in [-0.05, 0) is 43.2 Å². The van der Waals surface area contributed by atoms with Gasteiger partial charge in [0, 0.05) is 0 Å². The highest BCUT2D eigenvalue weighted by molar-refractivity contribution is 7.92. The number of benzene rings is 3. The molecule has 0 aliphatic carbocycles. The van der Waals surface area contributed by atoms with Crippen LogP contribution in [-0.4, -0.2) is 8.42 Å². The van der Waals surface area contributed by atoms with Crippen molar-refractivity contribution < 1.29 is 8.42 Å². The van der Waals surface area contributed by atoms with Crippen molar-refractivity contribution in [2.75, 3.05) is 4.31 Å². The molecule has 0 spiro atoms. The fraction of sp³-hybridized carbons (Fsp3) is 0.130. The summed E-state index contributed by atoms with van der Waals surface area (Å²) in [6, 6.07) is 22.3. The molecule has 0 N–H and O–H groups in total. The van der Waals surface area contributed by atoms with Crippen LogP contribution in [0, 0.1) is 13.8 Å². The third kappa shape index (κ3) is 3.17. The Morgan fingerprint density at radius 3 is 2.04 bits per heavy atom. The van der Waals surface area contributed by atoms with E-state index in [2.05, 4.69) is 0 Å². The van der Waals surface area contributed by atoms with Crippen LogP contribution in [0.1, 0.15) is 28.3 Å². The number of fused-ring (bicyclic) bond motifs is 1. The molecule has 136 valence electrons. The first-order chi connectivity index (χ1) is 13.0. The summed E-state index contributed by atoms with van der Waals surface area (Å²) in [6.45, 7) is 3.97. The Balaban J connectivity index is 1.90. The summed E-state index contributed by atoms with van der Waals surface area (Å²) < 4.78 is 28.7. The Bertz CT molecular complexity index is 1100. The second kappa shape index (κ2) is 6.71. The quantitative estimate of drug-likeness (QED) is 0.626. The van der Waals surface area contributed by atoms with E-state index in [9.17, 15) is 8.42 Å². The molecule has 4 rings (SSSR count). The maximum absolute atomic E-state index is 13.6. The number of anilines is 1. The minimum Gasteiger partial charge on any atom is -0.254 e. The van der Waals surface area contributed by atoms with Crippen LogP contribution in [0.3, 0.4) is 0 Å². The third-order valence-electron chi connectivity index (χ3n) is 4.88. The molecule has 1 heterocycles. The Morgan fingerprint density at radius 1 is 0.778 bits per heavy atom. The van der Waals surface area contributed by atoms with Crippen molar-refractivity contribution in [3.63, 3.8) is 0 Å². The molecule has 1 unspecified atom stereocenters. The first-order valence-electron chi connectivity index (χ1n) is 8.92. The van der Waals surface area contributed by atoms with Crippen LogP contribution in [0.4, 0.5) is 5.69 Å². The molecule has 1 aliphatic heterocycles. The summed E-state index contributed by atoms with van der Waals surface area (Å²) in [7, 11) is -3.72. The maximum Gasteiger partial charge on any atom is 0.265 e. The van der Waals surface area contributed by atoms with Gasteiger partial charge in [0.15, 0.2) is 0 Å². The van der Waals surface area contributed by atoms with E-state index in [1.165, 1.54) is 4.31 Å². The van der Waals surface area contributed by atoms with Gasteiger partial charge in [0.1, 0.15) is 0 Å². The fourth-order valence-electron chi connectivity index (χ4n) is 3.36. The lowest BCUT2D eigenvalue weighted by Gasteiger charge is -2.35. The second-order valence-corrected chi connectivity index (χ2v) is 8.70. The average Bonchev–Trinajstić information content (AvgIpc) is 2.68. The molecule has 1 atom stereocenters. The van der Waals surface area contributed by atoms with Gasteiger partial charge in [0.05, 0.1) is 16.6 Å². The molecule has 27 heavy (non-hydrogen) atoms. The lowest BCUT2D eigenvalue weighted by Crippen LogP contribution is -2.36. The molecule has 0 saturated carbocycles. The summed E-state index contributed by atoms with van der Waals surface area (Å²) in [5.41, 5.74) is 4.72. The van der Waals surface area contributed by atoms with Crippen molar-refractivity contribution in [2.45, 2.75) is 24.8 Å². The van der Waals surface area contributed by atoms with Gasteiger partial charge in [-0.2, -0.15) is 0 Å². The van der Waals surface area contributed by atoms with Crippen LogP contribution in [0.2, 0.25) is 0 Å². The van der Waals surface area contributed by atoms with E-state index >= 15 is 0 Å². The highest BCUT2D eigenvalue weighted by Crippen LogP contribution is 2.40. The van der Waals surface area contributed by atoms with E-state index in [4.69, 9.17) is 0 Å². The molecule has 0 saturated heterocycles. The van der Waals surface area contributed by atoms with Crippen molar-refractivity contribution in [1.29, 1.82) is 0 Å². The molecule has 3 aromatic rings. The van der Waals surface area contributed by atoms with Crippen molar-refractivity contribution in [3.8, 4) is 0 Å². The number of para-hydroxylation sites is 1. The summed E-state index contributed by atoms with van der Waals surface area (Å²) in [5.74, 6) is 0. The number of hydrogen-bond donors (Lipinski definition) is 0. The van der Waals surface area contributed by atoms with Gasteiger partial charge in [-0.25, -0.2) is 8.42 Å². The van der Waals surface area contributed by atoms with Crippen molar-refractivity contribution in [2.24, 2.45) is 0 Å². The highest BCUT2D eigenvalue weighted by atomic mass is 32.2.